The number of aryl methyl sites for hydroxylation is 2. The molecule has 0 spiro atoms. The molecule has 0 aliphatic heterocycles. The molecule has 0 aliphatic rings. The van der Waals surface area contributed by atoms with Crippen molar-refractivity contribution in [3.63, 3.8) is 0 Å². The molecule has 2 aromatic rings. The molecule has 0 saturated carbocycles. The minimum absolute atomic E-state index is 0.0518. The highest BCUT2D eigenvalue weighted by Crippen LogP contribution is 2.19. The van der Waals surface area contributed by atoms with Crippen molar-refractivity contribution >= 4 is 23.5 Å². The number of hydrogen-bond donors (Lipinski definition) is 1. The van der Waals surface area contributed by atoms with Crippen LogP contribution >= 0.6 is 11.8 Å². The Bertz CT molecular complexity index is 690. The number of amides is 1. The first-order valence-electron chi connectivity index (χ1n) is 7.48. The van der Waals surface area contributed by atoms with Crippen LogP contribution in [0.15, 0.2) is 36.4 Å². The van der Waals surface area contributed by atoms with Crippen molar-refractivity contribution < 1.29 is 4.79 Å². The maximum atomic E-state index is 12.3. The number of rotatable bonds is 7. The van der Waals surface area contributed by atoms with Gasteiger partial charge in [0.05, 0.1) is 30.0 Å². The van der Waals surface area contributed by atoms with E-state index in [1.165, 1.54) is 5.56 Å². The van der Waals surface area contributed by atoms with Crippen molar-refractivity contribution in [2.24, 2.45) is 0 Å². The Labute approximate surface area is 140 Å². The van der Waals surface area contributed by atoms with E-state index in [9.17, 15) is 4.79 Å². The normalized spacial score (nSPS) is 11.7. The van der Waals surface area contributed by atoms with Crippen molar-refractivity contribution in [2.45, 2.75) is 37.8 Å². The number of aromatic nitrogens is 2. The van der Waals surface area contributed by atoms with Crippen LogP contribution < -0.4 is 5.32 Å². The molecular weight excluding hydrogens is 308 g/mol. The van der Waals surface area contributed by atoms with Crippen LogP contribution in [0.2, 0.25) is 0 Å². The number of anilines is 1. The van der Waals surface area contributed by atoms with E-state index in [2.05, 4.69) is 28.6 Å². The second kappa shape index (κ2) is 8.39. The first-order valence-corrected chi connectivity index (χ1v) is 8.53. The third kappa shape index (κ3) is 5.15. The minimum Gasteiger partial charge on any atom is -0.310 e. The van der Waals surface area contributed by atoms with Gasteiger partial charge in [-0.15, -0.1) is 11.8 Å². The van der Waals surface area contributed by atoms with Gasteiger partial charge in [-0.25, -0.2) is 4.68 Å². The van der Waals surface area contributed by atoms with Crippen LogP contribution in [0.4, 0.5) is 5.82 Å². The lowest BCUT2D eigenvalue weighted by Crippen LogP contribution is -2.24. The second-order valence-electron chi connectivity index (χ2n) is 5.23. The van der Waals surface area contributed by atoms with Gasteiger partial charge in [-0.05, 0) is 19.4 Å². The summed E-state index contributed by atoms with van der Waals surface area (Å²) in [5, 5.41) is 15.7. The van der Waals surface area contributed by atoms with Crippen LogP contribution in [0, 0.1) is 18.3 Å². The SMILES string of the molecule is Cc1cc(NC(=O)[C@@H](C)SCc2ccccc2)n(CCC#N)n1. The number of nitriles is 1. The molecule has 0 radical (unpaired) electrons. The molecule has 1 atom stereocenters. The number of benzene rings is 1. The zero-order valence-electron chi connectivity index (χ0n) is 13.3. The lowest BCUT2D eigenvalue weighted by atomic mass is 10.2. The standard InChI is InChI=1S/C17H20N4OS/c1-13-11-16(21(20-13)10-6-9-18)19-17(22)14(2)23-12-15-7-4-3-5-8-15/h3-5,7-8,11,14H,6,10,12H2,1-2H3,(H,19,22)/t14-/m1/s1. The Balaban J connectivity index is 1.92. The zero-order chi connectivity index (χ0) is 16.7. The maximum Gasteiger partial charge on any atom is 0.238 e. The molecule has 1 N–H and O–H groups in total. The predicted octanol–water partition coefficient (Wildman–Crippen LogP) is 3.37. The Morgan fingerprint density at radius 1 is 1.43 bits per heavy atom. The molecule has 0 unspecified atom stereocenters. The van der Waals surface area contributed by atoms with Crippen molar-refractivity contribution in [1.29, 1.82) is 5.26 Å². The van der Waals surface area contributed by atoms with Gasteiger partial charge in [0.1, 0.15) is 5.82 Å². The third-order valence-corrected chi connectivity index (χ3v) is 4.51. The highest BCUT2D eigenvalue weighted by Gasteiger charge is 2.16. The van der Waals surface area contributed by atoms with Gasteiger partial charge < -0.3 is 5.32 Å². The van der Waals surface area contributed by atoms with Gasteiger partial charge >= 0.3 is 0 Å². The fourth-order valence-electron chi connectivity index (χ4n) is 2.07. The molecule has 5 nitrogen and oxygen atoms in total. The molecule has 1 aromatic heterocycles. The summed E-state index contributed by atoms with van der Waals surface area (Å²) in [5.41, 5.74) is 2.02. The number of nitrogens with one attached hydrogen (secondary N) is 1. The Morgan fingerprint density at radius 2 is 2.17 bits per heavy atom. The van der Waals surface area contributed by atoms with Crippen molar-refractivity contribution in [3.05, 3.63) is 47.7 Å². The number of thioether (sulfide) groups is 1. The lowest BCUT2D eigenvalue weighted by molar-refractivity contribution is -0.115. The summed E-state index contributed by atoms with van der Waals surface area (Å²) in [6.45, 7) is 4.24. The van der Waals surface area contributed by atoms with Crippen LogP contribution in [0.1, 0.15) is 24.6 Å². The van der Waals surface area contributed by atoms with E-state index in [1.807, 2.05) is 38.1 Å². The van der Waals surface area contributed by atoms with E-state index in [1.54, 1.807) is 16.4 Å². The lowest BCUT2D eigenvalue weighted by Gasteiger charge is -2.13. The van der Waals surface area contributed by atoms with Gasteiger partial charge in [0, 0.05) is 11.8 Å². The molecule has 6 heteroatoms. The van der Waals surface area contributed by atoms with Gasteiger partial charge in [0.25, 0.3) is 0 Å². The molecule has 0 aliphatic carbocycles. The molecule has 120 valence electrons. The van der Waals surface area contributed by atoms with Gasteiger partial charge in [-0.3, -0.25) is 4.79 Å². The molecular formula is C17H20N4OS. The minimum atomic E-state index is -0.171. The number of nitrogens with zero attached hydrogens (tertiary/aromatic N) is 3. The molecule has 1 heterocycles. The van der Waals surface area contributed by atoms with E-state index < -0.39 is 0 Å². The quantitative estimate of drug-likeness (QED) is 0.846. The average molecular weight is 328 g/mol. The van der Waals surface area contributed by atoms with E-state index in [-0.39, 0.29) is 11.2 Å². The summed E-state index contributed by atoms with van der Waals surface area (Å²) in [4.78, 5) is 12.3. The highest BCUT2D eigenvalue weighted by molar-refractivity contribution is 7.99. The molecule has 1 aromatic carbocycles. The summed E-state index contributed by atoms with van der Waals surface area (Å²) in [5.74, 6) is 1.39. The Morgan fingerprint density at radius 3 is 2.87 bits per heavy atom. The fourth-order valence-corrected chi connectivity index (χ4v) is 2.92. The molecule has 2 rings (SSSR count). The van der Waals surface area contributed by atoms with Crippen molar-refractivity contribution in [1.82, 2.24) is 9.78 Å². The smallest absolute Gasteiger partial charge is 0.238 e. The molecule has 0 bridgehead atoms. The van der Waals surface area contributed by atoms with Gasteiger partial charge in [-0.1, -0.05) is 30.3 Å². The summed E-state index contributed by atoms with van der Waals surface area (Å²) >= 11 is 1.59. The monoisotopic (exact) mass is 328 g/mol. The molecule has 1 amide bonds. The van der Waals surface area contributed by atoms with Crippen LogP contribution in [0.25, 0.3) is 0 Å². The first-order chi connectivity index (χ1) is 11.1. The maximum absolute atomic E-state index is 12.3. The summed E-state index contributed by atoms with van der Waals surface area (Å²) < 4.78 is 1.67. The second-order valence-corrected chi connectivity index (χ2v) is 6.56. The summed E-state index contributed by atoms with van der Waals surface area (Å²) in [7, 11) is 0. The van der Waals surface area contributed by atoms with Crippen molar-refractivity contribution in [3.8, 4) is 6.07 Å². The van der Waals surface area contributed by atoms with E-state index in [0.717, 1.165) is 11.4 Å². The number of hydrogen-bond acceptors (Lipinski definition) is 4. The summed E-state index contributed by atoms with van der Waals surface area (Å²) in [6, 6.07) is 14.0. The summed E-state index contributed by atoms with van der Waals surface area (Å²) in [6.07, 6.45) is 0.363. The Kier molecular flexibility index (Phi) is 6.24. The zero-order valence-corrected chi connectivity index (χ0v) is 14.1. The van der Waals surface area contributed by atoms with Gasteiger partial charge in [0.15, 0.2) is 0 Å². The molecule has 23 heavy (non-hydrogen) atoms. The van der Waals surface area contributed by atoms with Crippen molar-refractivity contribution in [2.75, 3.05) is 5.32 Å². The average Bonchev–Trinajstić information content (AvgIpc) is 2.90. The fraction of sp³-hybridized carbons (Fsp3) is 0.353. The number of carbonyl (C=O) groups is 1. The predicted molar refractivity (Wildman–Crippen MR) is 93.0 cm³/mol. The highest BCUT2D eigenvalue weighted by atomic mass is 32.2. The Hall–Kier alpha value is -2.26. The van der Waals surface area contributed by atoms with Crippen LogP contribution in [0.3, 0.4) is 0 Å². The topological polar surface area (TPSA) is 70.7 Å². The largest absolute Gasteiger partial charge is 0.310 e. The van der Waals surface area contributed by atoms with Gasteiger partial charge in [0.2, 0.25) is 5.91 Å². The van der Waals surface area contributed by atoms with E-state index in [4.69, 9.17) is 5.26 Å². The van der Waals surface area contributed by atoms with Crippen LogP contribution in [-0.2, 0) is 17.1 Å². The molecule has 0 saturated heterocycles. The van der Waals surface area contributed by atoms with E-state index >= 15 is 0 Å². The first kappa shape index (κ1) is 17.1. The van der Waals surface area contributed by atoms with Gasteiger partial charge in [-0.2, -0.15) is 10.4 Å². The van der Waals surface area contributed by atoms with Crippen LogP contribution in [0.5, 0.6) is 0 Å². The van der Waals surface area contributed by atoms with E-state index in [0.29, 0.717) is 18.8 Å². The third-order valence-electron chi connectivity index (χ3n) is 3.30. The number of carbonyl (C=O) groups excluding carboxylic acids is 1. The molecule has 0 fully saturated rings. The van der Waals surface area contributed by atoms with Crippen LogP contribution in [-0.4, -0.2) is 20.9 Å².